The minimum absolute atomic E-state index is 0.00610. The van der Waals surface area contributed by atoms with Crippen molar-refractivity contribution in [2.45, 2.75) is 48.7 Å². The number of nitrogens with zero attached hydrogens (tertiary/aromatic N) is 1. The lowest BCUT2D eigenvalue weighted by Gasteiger charge is -2.45. The molecular formula is C25H24F3N3O4S. The Bertz CT molecular complexity index is 1300. The minimum atomic E-state index is -4.85. The molecule has 1 aliphatic carbocycles. The molecule has 1 heterocycles. The number of nitrogens with one attached hydrogen (secondary N) is 2. The summed E-state index contributed by atoms with van der Waals surface area (Å²) in [6, 6.07) is 18.3. The average molecular weight is 520 g/mol. The van der Waals surface area contributed by atoms with Gasteiger partial charge in [0.1, 0.15) is 15.7 Å². The van der Waals surface area contributed by atoms with Crippen molar-refractivity contribution in [3.8, 4) is 17.2 Å². The molecule has 0 bridgehead atoms. The van der Waals surface area contributed by atoms with Gasteiger partial charge in [0.25, 0.3) is 0 Å². The molecule has 1 unspecified atom stereocenters. The smallest absolute Gasteiger partial charge is 0.453 e. The van der Waals surface area contributed by atoms with Crippen molar-refractivity contribution in [1.82, 2.24) is 4.72 Å². The summed E-state index contributed by atoms with van der Waals surface area (Å²) in [7, 11) is -3.62. The van der Waals surface area contributed by atoms with Crippen molar-refractivity contribution in [2.75, 3.05) is 4.90 Å². The zero-order valence-corrected chi connectivity index (χ0v) is 19.8. The van der Waals surface area contributed by atoms with Gasteiger partial charge in [0, 0.05) is 6.04 Å². The summed E-state index contributed by atoms with van der Waals surface area (Å²) < 4.78 is 71.6. The maximum Gasteiger partial charge on any atom is 0.573 e. The first kappa shape index (κ1) is 24.4. The molecule has 36 heavy (non-hydrogen) atoms. The molecule has 0 amide bonds. The second kappa shape index (κ2) is 9.30. The summed E-state index contributed by atoms with van der Waals surface area (Å²) in [5, 5.41) is 11.4. The standard InChI is InChI=1S/C25H24F3N3O4S/c26-25(27,28)35-16-12-14-17(15-13-16)36(29,33)30-18-6-5-9-21(24(18)32)31-19-7-1-3-10-22(19)34-23-11-4-2-8-20(23)31/h1-4,7-8,10-15,18,21,24,32H,5-6,9H2,(H2,29,30,33)/t18-,21+,24+,36?/m1/s1. The third-order valence-corrected chi connectivity index (χ3v) is 7.90. The van der Waals surface area contributed by atoms with E-state index in [-0.39, 0.29) is 10.9 Å². The number of fused-ring (bicyclic) bond motifs is 2. The van der Waals surface area contributed by atoms with Gasteiger partial charge >= 0.3 is 6.36 Å². The van der Waals surface area contributed by atoms with Crippen LogP contribution in [0.4, 0.5) is 24.5 Å². The molecule has 5 rings (SSSR count). The Morgan fingerprint density at radius 2 is 1.56 bits per heavy atom. The second-order valence-corrected chi connectivity index (χ2v) is 10.5. The van der Waals surface area contributed by atoms with Crippen molar-refractivity contribution in [3.05, 3.63) is 72.8 Å². The quantitative estimate of drug-likeness (QED) is 0.401. The second-order valence-electron chi connectivity index (χ2n) is 8.70. The fraction of sp³-hybridized carbons (Fsp3) is 0.280. The van der Waals surface area contributed by atoms with Crippen molar-refractivity contribution in [2.24, 2.45) is 0 Å². The van der Waals surface area contributed by atoms with Crippen molar-refractivity contribution in [1.29, 1.82) is 4.78 Å². The summed E-state index contributed by atoms with van der Waals surface area (Å²) in [4.78, 5) is 2.02. The number of hydrogen-bond donors (Lipinski definition) is 3. The molecular weight excluding hydrogens is 495 g/mol. The van der Waals surface area contributed by atoms with Crippen LogP contribution in [-0.2, 0) is 9.92 Å². The van der Waals surface area contributed by atoms with E-state index in [1.165, 1.54) is 0 Å². The number of aliphatic hydroxyl groups excluding tert-OH is 1. The number of halogens is 3. The molecule has 0 radical (unpaired) electrons. The summed E-state index contributed by atoms with van der Waals surface area (Å²) in [5.41, 5.74) is 1.60. The largest absolute Gasteiger partial charge is 0.573 e. The van der Waals surface area contributed by atoms with Crippen molar-refractivity contribution < 1.29 is 32.0 Å². The van der Waals surface area contributed by atoms with Crippen LogP contribution < -0.4 is 19.1 Å². The third-order valence-electron chi connectivity index (χ3n) is 6.33. The van der Waals surface area contributed by atoms with E-state index in [4.69, 9.17) is 9.52 Å². The third kappa shape index (κ3) is 4.86. The molecule has 1 aliphatic heterocycles. The van der Waals surface area contributed by atoms with Gasteiger partial charge in [-0.15, -0.1) is 13.2 Å². The maximum atomic E-state index is 13.2. The van der Waals surface area contributed by atoms with Crippen LogP contribution in [0.25, 0.3) is 0 Å². The zero-order chi connectivity index (χ0) is 25.5. The minimum Gasteiger partial charge on any atom is -0.453 e. The number of para-hydroxylation sites is 4. The van der Waals surface area contributed by atoms with Crippen LogP contribution in [0.1, 0.15) is 19.3 Å². The van der Waals surface area contributed by atoms with Crippen LogP contribution in [0.3, 0.4) is 0 Å². The lowest BCUT2D eigenvalue weighted by molar-refractivity contribution is -0.274. The number of anilines is 2. The van der Waals surface area contributed by atoms with Gasteiger partial charge in [-0.3, -0.25) is 0 Å². The van der Waals surface area contributed by atoms with Crippen LogP contribution in [-0.4, -0.2) is 33.9 Å². The van der Waals surface area contributed by atoms with E-state index in [1.807, 2.05) is 53.4 Å². The molecule has 3 aromatic carbocycles. The monoisotopic (exact) mass is 519 g/mol. The predicted molar refractivity (Wildman–Crippen MR) is 128 cm³/mol. The van der Waals surface area contributed by atoms with Gasteiger partial charge in [-0.25, -0.2) is 13.7 Å². The molecule has 1 saturated carbocycles. The first-order valence-corrected chi connectivity index (χ1v) is 12.9. The lowest BCUT2D eigenvalue weighted by atomic mass is 9.86. The molecule has 0 aromatic heterocycles. The van der Waals surface area contributed by atoms with Crippen molar-refractivity contribution >= 4 is 21.3 Å². The van der Waals surface area contributed by atoms with Crippen LogP contribution in [0.2, 0.25) is 0 Å². The van der Waals surface area contributed by atoms with Crippen LogP contribution in [0.5, 0.6) is 17.2 Å². The molecule has 4 atom stereocenters. The fourth-order valence-corrected chi connectivity index (χ4v) is 6.11. The molecule has 11 heteroatoms. The highest BCUT2D eigenvalue weighted by Crippen LogP contribution is 2.49. The average Bonchev–Trinajstić information content (AvgIpc) is 2.83. The van der Waals surface area contributed by atoms with Gasteiger partial charge in [-0.2, -0.15) is 0 Å². The number of hydrogen-bond acceptors (Lipinski definition) is 6. The summed E-state index contributed by atoms with van der Waals surface area (Å²) in [5.74, 6) is 0.844. The van der Waals surface area contributed by atoms with E-state index < -0.39 is 34.2 Å². The van der Waals surface area contributed by atoms with E-state index in [9.17, 15) is 22.5 Å². The van der Waals surface area contributed by atoms with Gasteiger partial charge in [-0.1, -0.05) is 24.3 Å². The molecule has 1 fully saturated rings. The molecule has 0 spiro atoms. The summed E-state index contributed by atoms with van der Waals surface area (Å²) >= 11 is 0. The van der Waals surface area contributed by atoms with E-state index in [1.54, 1.807) is 0 Å². The fourth-order valence-electron chi connectivity index (χ4n) is 4.77. The van der Waals surface area contributed by atoms with Crippen LogP contribution >= 0.6 is 0 Å². The lowest BCUT2D eigenvalue weighted by Crippen LogP contribution is -2.55. The molecule has 190 valence electrons. The Labute approximate surface area is 206 Å². The van der Waals surface area contributed by atoms with Gasteiger partial charge in [0.05, 0.1) is 28.4 Å². The summed E-state index contributed by atoms with van der Waals surface area (Å²) in [6.45, 7) is 0. The Kier molecular flexibility index (Phi) is 6.31. The number of ether oxygens (including phenoxy) is 2. The molecule has 7 nitrogen and oxygen atoms in total. The van der Waals surface area contributed by atoms with E-state index >= 15 is 0 Å². The Hall–Kier alpha value is -3.28. The Morgan fingerprint density at radius 1 is 0.972 bits per heavy atom. The van der Waals surface area contributed by atoms with Gasteiger partial charge in [0.15, 0.2) is 11.5 Å². The van der Waals surface area contributed by atoms with E-state index in [0.717, 1.165) is 35.6 Å². The first-order valence-electron chi connectivity index (χ1n) is 11.4. The van der Waals surface area contributed by atoms with E-state index in [0.29, 0.717) is 30.8 Å². The Morgan fingerprint density at radius 3 is 2.14 bits per heavy atom. The highest BCUT2D eigenvalue weighted by Gasteiger charge is 2.40. The molecule has 3 N–H and O–H groups in total. The van der Waals surface area contributed by atoms with Gasteiger partial charge < -0.3 is 19.5 Å². The topological polar surface area (TPSA) is 94.9 Å². The SMILES string of the molecule is N=S(=O)(N[C@@H]1CCC[C@H](N2c3ccccc3Oc3ccccc32)[C@H]1O)c1ccc(OC(F)(F)F)cc1. The summed E-state index contributed by atoms with van der Waals surface area (Å²) in [6.07, 6.45) is -3.99. The van der Waals surface area contributed by atoms with Crippen molar-refractivity contribution in [3.63, 3.8) is 0 Å². The van der Waals surface area contributed by atoms with E-state index in [2.05, 4.69) is 9.46 Å². The molecule has 0 saturated heterocycles. The highest BCUT2D eigenvalue weighted by atomic mass is 32.2. The highest BCUT2D eigenvalue weighted by molar-refractivity contribution is 7.90. The zero-order valence-electron chi connectivity index (χ0n) is 18.9. The van der Waals surface area contributed by atoms with Crippen LogP contribution in [0.15, 0.2) is 77.7 Å². The number of alkyl halides is 3. The number of aliphatic hydroxyl groups is 1. The van der Waals surface area contributed by atoms with Gasteiger partial charge in [0.2, 0.25) is 0 Å². The normalized spacial score (nSPS) is 23.1. The van der Waals surface area contributed by atoms with Crippen LogP contribution in [0, 0.1) is 4.78 Å². The molecule has 2 aliphatic rings. The van der Waals surface area contributed by atoms with Gasteiger partial charge in [-0.05, 0) is 67.8 Å². The number of rotatable bonds is 5. The predicted octanol–water partition coefficient (Wildman–Crippen LogP) is 5.72. The first-order chi connectivity index (χ1) is 17.1. The Balaban J connectivity index is 1.39. The molecule has 3 aromatic rings. The number of benzene rings is 3. The maximum absolute atomic E-state index is 13.2.